The van der Waals surface area contributed by atoms with Crippen molar-refractivity contribution in [2.24, 2.45) is 0 Å². The van der Waals surface area contributed by atoms with Gasteiger partial charge < -0.3 is 14.8 Å². The van der Waals surface area contributed by atoms with E-state index in [0.717, 1.165) is 16.0 Å². The van der Waals surface area contributed by atoms with Crippen molar-refractivity contribution >= 4 is 17.2 Å². The lowest BCUT2D eigenvalue weighted by molar-refractivity contribution is 0.0949. The van der Waals surface area contributed by atoms with Gasteiger partial charge in [-0.2, -0.15) is 0 Å². The molecule has 2 heterocycles. The van der Waals surface area contributed by atoms with Crippen LogP contribution in [0.1, 0.15) is 20.1 Å². The number of thiophene rings is 1. The van der Waals surface area contributed by atoms with Crippen molar-refractivity contribution in [2.45, 2.75) is 6.54 Å². The molecule has 5 nitrogen and oxygen atoms in total. The summed E-state index contributed by atoms with van der Waals surface area (Å²) in [6.07, 6.45) is 1.13. The monoisotopic (exact) mass is 289 g/mol. The van der Waals surface area contributed by atoms with E-state index >= 15 is 0 Å². The highest BCUT2D eigenvalue weighted by Crippen LogP contribution is 2.15. The molecule has 0 aliphatic heterocycles. The molecule has 0 aliphatic carbocycles. The van der Waals surface area contributed by atoms with Crippen LogP contribution in [0.15, 0.2) is 39.7 Å². The van der Waals surface area contributed by atoms with E-state index in [4.69, 9.17) is 5.11 Å². The molecule has 0 aliphatic rings. The predicted octanol–water partition coefficient (Wildman–Crippen LogP) is 0.975. The number of carbonyl (C=O) groups is 1. The van der Waals surface area contributed by atoms with Crippen molar-refractivity contribution in [3.63, 3.8) is 0 Å². The summed E-state index contributed by atoms with van der Waals surface area (Å²) in [5.74, 6) is 5.04. The van der Waals surface area contributed by atoms with Crippen LogP contribution in [0.4, 0.5) is 0 Å². The van der Waals surface area contributed by atoms with Gasteiger partial charge >= 0.3 is 5.63 Å². The molecule has 0 fully saturated rings. The minimum absolute atomic E-state index is 0.177. The molecule has 102 valence electrons. The third-order valence-corrected chi connectivity index (χ3v) is 3.34. The number of amides is 1. The molecule has 20 heavy (non-hydrogen) atoms. The van der Waals surface area contributed by atoms with E-state index in [-0.39, 0.29) is 12.5 Å². The second-order valence-electron chi connectivity index (χ2n) is 3.75. The molecule has 2 aromatic rings. The van der Waals surface area contributed by atoms with Gasteiger partial charge in [-0.05, 0) is 18.2 Å². The van der Waals surface area contributed by atoms with Crippen LogP contribution in [-0.2, 0) is 6.54 Å². The summed E-state index contributed by atoms with van der Waals surface area (Å²) in [4.78, 5) is 24.3. The van der Waals surface area contributed by atoms with Gasteiger partial charge in [-0.15, -0.1) is 11.3 Å². The zero-order valence-electron chi connectivity index (χ0n) is 10.4. The summed E-state index contributed by atoms with van der Waals surface area (Å²) in [7, 11) is 0. The first-order valence-electron chi connectivity index (χ1n) is 5.74. The Hall–Kier alpha value is -2.36. The van der Waals surface area contributed by atoms with Gasteiger partial charge in [-0.25, -0.2) is 4.79 Å². The standard InChI is InChI=1S/C14H11NO4S/c16-7-1-2-11-4-5-12(20-11)8-15-14(18)10-3-6-13(17)19-9-10/h3-6,9,16H,7-8H2,(H,15,18). The maximum Gasteiger partial charge on any atom is 0.335 e. The second-order valence-corrected chi connectivity index (χ2v) is 4.92. The fourth-order valence-electron chi connectivity index (χ4n) is 1.42. The molecule has 0 saturated carbocycles. The summed E-state index contributed by atoms with van der Waals surface area (Å²) in [6, 6.07) is 6.30. The summed E-state index contributed by atoms with van der Waals surface area (Å²) in [6.45, 7) is 0.187. The summed E-state index contributed by atoms with van der Waals surface area (Å²) < 4.78 is 4.62. The Morgan fingerprint density at radius 3 is 2.90 bits per heavy atom. The molecular weight excluding hydrogens is 278 g/mol. The van der Waals surface area contributed by atoms with E-state index < -0.39 is 5.63 Å². The van der Waals surface area contributed by atoms with Crippen LogP contribution in [0.25, 0.3) is 0 Å². The maximum absolute atomic E-state index is 11.8. The van der Waals surface area contributed by atoms with Crippen LogP contribution in [-0.4, -0.2) is 17.6 Å². The number of rotatable bonds is 3. The first-order chi connectivity index (χ1) is 9.69. The molecular formula is C14H11NO4S. The second kappa shape index (κ2) is 6.70. The number of hydrogen-bond acceptors (Lipinski definition) is 5. The molecule has 0 radical (unpaired) electrons. The van der Waals surface area contributed by atoms with Gasteiger partial charge in [0, 0.05) is 10.9 Å². The van der Waals surface area contributed by atoms with Crippen molar-refractivity contribution in [1.82, 2.24) is 5.32 Å². The lowest BCUT2D eigenvalue weighted by atomic mass is 10.3. The zero-order valence-corrected chi connectivity index (χ0v) is 11.2. The van der Waals surface area contributed by atoms with E-state index in [0.29, 0.717) is 12.1 Å². The van der Waals surface area contributed by atoms with Crippen LogP contribution in [0, 0.1) is 11.8 Å². The number of nitrogens with one attached hydrogen (secondary N) is 1. The van der Waals surface area contributed by atoms with Gasteiger partial charge in [0.2, 0.25) is 0 Å². The first-order valence-corrected chi connectivity index (χ1v) is 6.56. The van der Waals surface area contributed by atoms with Crippen LogP contribution < -0.4 is 10.9 Å². The van der Waals surface area contributed by atoms with Crippen LogP contribution in [0.2, 0.25) is 0 Å². The summed E-state index contributed by atoms with van der Waals surface area (Å²) in [5.41, 5.74) is -0.201. The van der Waals surface area contributed by atoms with E-state index in [1.165, 1.54) is 23.5 Å². The first kappa shape index (κ1) is 14.1. The number of aliphatic hydroxyl groups excluding tert-OH is 1. The van der Waals surface area contributed by atoms with Gasteiger partial charge in [0.1, 0.15) is 12.9 Å². The lowest BCUT2D eigenvalue weighted by Crippen LogP contribution is -2.22. The topological polar surface area (TPSA) is 79.5 Å². The molecule has 0 saturated heterocycles. The summed E-state index contributed by atoms with van der Waals surface area (Å²) in [5, 5.41) is 11.3. The van der Waals surface area contributed by atoms with Crippen LogP contribution in [0.3, 0.4) is 0 Å². The molecule has 6 heteroatoms. The normalized spacial score (nSPS) is 9.65. The number of aliphatic hydroxyl groups is 1. The van der Waals surface area contributed by atoms with Crippen molar-refractivity contribution in [1.29, 1.82) is 0 Å². The molecule has 0 aromatic carbocycles. The zero-order chi connectivity index (χ0) is 14.4. The molecule has 2 N–H and O–H groups in total. The Bertz CT molecular complexity index is 700. The Morgan fingerprint density at radius 2 is 2.20 bits per heavy atom. The van der Waals surface area contributed by atoms with Crippen LogP contribution in [0.5, 0.6) is 0 Å². The van der Waals surface area contributed by atoms with Gasteiger partial charge in [0.05, 0.1) is 17.0 Å². The van der Waals surface area contributed by atoms with E-state index in [1.807, 2.05) is 12.1 Å². The fraction of sp³-hybridized carbons (Fsp3) is 0.143. The minimum Gasteiger partial charge on any atom is -0.430 e. The van der Waals surface area contributed by atoms with Gasteiger partial charge in [0.25, 0.3) is 5.91 Å². The molecule has 0 atom stereocenters. The average Bonchev–Trinajstić information content (AvgIpc) is 2.91. The Labute approximate surface area is 118 Å². The highest BCUT2D eigenvalue weighted by atomic mass is 32.1. The SMILES string of the molecule is O=C(NCc1ccc(C#CCO)s1)c1ccc(=O)oc1. The number of hydrogen-bond donors (Lipinski definition) is 2. The Kier molecular flexibility index (Phi) is 4.71. The van der Waals surface area contributed by atoms with Gasteiger partial charge in [-0.3, -0.25) is 4.79 Å². The van der Waals surface area contributed by atoms with Crippen molar-refractivity contribution in [2.75, 3.05) is 6.61 Å². The molecule has 0 unspecified atom stereocenters. The average molecular weight is 289 g/mol. The molecule has 0 bridgehead atoms. The van der Waals surface area contributed by atoms with Crippen molar-refractivity contribution in [3.05, 3.63) is 56.3 Å². The third-order valence-electron chi connectivity index (χ3n) is 2.34. The third kappa shape index (κ3) is 3.82. The molecule has 2 aromatic heterocycles. The maximum atomic E-state index is 11.8. The molecule has 2 rings (SSSR count). The quantitative estimate of drug-likeness (QED) is 0.825. The largest absolute Gasteiger partial charge is 0.430 e. The molecule has 1 amide bonds. The van der Waals surface area contributed by atoms with E-state index in [9.17, 15) is 9.59 Å². The van der Waals surface area contributed by atoms with Crippen LogP contribution >= 0.6 is 11.3 Å². The predicted molar refractivity (Wildman–Crippen MR) is 74.4 cm³/mol. The lowest BCUT2D eigenvalue weighted by Gasteiger charge is -2.02. The Morgan fingerprint density at radius 1 is 1.35 bits per heavy atom. The van der Waals surface area contributed by atoms with Crippen molar-refractivity contribution < 1.29 is 14.3 Å². The highest BCUT2D eigenvalue weighted by molar-refractivity contribution is 7.12. The van der Waals surface area contributed by atoms with E-state index in [2.05, 4.69) is 21.6 Å². The van der Waals surface area contributed by atoms with Gasteiger partial charge in [0.15, 0.2) is 0 Å². The summed E-state index contributed by atoms with van der Waals surface area (Å²) >= 11 is 1.44. The highest BCUT2D eigenvalue weighted by Gasteiger charge is 2.06. The Balaban J connectivity index is 1.94. The number of carbonyl (C=O) groups excluding carboxylic acids is 1. The fourth-order valence-corrected chi connectivity index (χ4v) is 2.25. The van der Waals surface area contributed by atoms with Gasteiger partial charge in [-0.1, -0.05) is 11.8 Å². The molecule has 0 spiro atoms. The van der Waals surface area contributed by atoms with E-state index in [1.54, 1.807) is 0 Å². The smallest absolute Gasteiger partial charge is 0.335 e. The minimum atomic E-state index is -0.494. The van der Waals surface area contributed by atoms with Crippen molar-refractivity contribution in [3.8, 4) is 11.8 Å².